The average molecular weight is 937 g/mol. The third kappa shape index (κ3) is 8.32. The van der Waals surface area contributed by atoms with Crippen LogP contribution < -0.4 is 0 Å². The minimum atomic E-state index is -1.92. The van der Waals surface area contributed by atoms with Gasteiger partial charge < -0.3 is 104 Å². The van der Waals surface area contributed by atoms with Crippen molar-refractivity contribution in [1.29, 1.82) is 0 Å². The van der Waals surface area contributed by atoms with E-state index in [0.29, 0.717) is 51.4 Å². The molecule has 372 valence electrons. The monoisotopic (exact) mass is 936 g/mol. The molecule has 4 aliphatic carbocycles. The van der Waals surface area contributed by atoms with Crippen LogP contribution in [-0.2, 0) is 42.7 Å². The Morgan fingerprint density at radius 3 is 1.83 bits per heavy atom. The Morgan fingerprint density at radius 2 is 1.18 bits per heavy atom. The number of hydrogen-bond acceptors (Lipinski definition) is 22. The predicted octanol–water partition coefficient (Wildman–Crippen LogP) is -4.47. The normalized spacial score (nSPS) is 54.7. The van der Waals surface area contributed by atoms with Crippen molar-refractivity contribution in [2.24, 2.45) is 28.1 Å². The van der Waals surface area contributed by atoms with E-state index in [1.54, 1.807) is 0 Å². The highest BCUT2D eigenvalue weighted by molar-refractivity contribution is 5.77. The summed E-state index contributed by atoms with van der Waals surface area (Å²) in [5.41, 5.74) is -2.17. The highest BCUT2D eigenvalue weighted by Gasteiger charge is 2.69. The van der Waals surface area contributed by atoms with Crippen LogP contribution in [0.1, 0.15) is 71.6 Å². The summed E-state index contributed by atoms with van der Waals surface area (Å²) in [7, 11) is 0. The Balaban J connectivity index is 1.05. The summed E-state index contributed by atoms with van der Waals surface area (Å²) < 4.78 is 48.1. The summed E-state index contributed by atoms with van der Waals surface area (Å²) in [6.45, 7) is 5.86. The molecule has 4 saturated heterocycles. The van der Waals surface area contributed by atoms with Crippen molar-refractivity contribution < 1.29 is 109 Å². The largest absolute Gasteiger partial charge is 0.432 e. The summed E-state index contributed by atoms with van der Waals surface area (Å²) in [4.78, 5) is 14.3. The van der Waals surface area contributed by atoms with Crippen molar-refractivity contribution in [2.75, 3.05) is 26.4 Å². The van der Waals surface area contributed by atoms with Gasteiger partial charge in [-0.25, -0.2) is 0 Å². The predicted molar refractivity (Wildman–Crippen MR) is 213 cm³/mol. The Bertz CT molecular complexity index is 1710. The van der Waals surface area contributed by atoms with Crippen molar-refractivity contribution in [3.63, 3.8) is 0 Å². The molecule has 4 heterocycles. The van der Waals surface area contributed by atoms with E-state index in [0.717, 1.165) is 12.0 Å². The van der Waals surface area contributed by atoms with Crippen LogP contribution in [0.25, 0.3) is 0 Å². The summed E-state index contributed by atoms with van der Waals surface area (Å²) in [5, 5.41) is 137. The smallest absolute Gasteiger partial charge is 0.314 e. The molecule has 25 atom stereocenters. The second kappa shape index (κ2) is 18.6. The fourth-order valence-corrected chi connectivity index (χ4v) is 13.2. The van der Waals surface area contributed by atoms with Gasteiger partial charge in [0.2, 0.25) is 6.29 Å². The molecule has 0 aromatic rings. The lowest BCUT2D eigenvalue weighted by atomic mass is 9.41. The molecule has 2 bridgehead atoms. The van der Waals surface area contributed by atoms with Gasteiger partial charge in [0.25, 0.3) is 0 Å². The number of fused-ring (bicyclic) bond motifs is 3. The molecule has 0 aromatic carbocycles. The van der Waals surface area contributed by atoms with E-state index >= 15 is 0 Å². The number of aliphatic hydroxyl groups is 13. The van der Waals surface area contributed by atoms with Gasteiger partial charge in [0, 0.05) is 0 Å². The van der Waals surface area contributed by atoms with Crippen LogP contribution in [0.4, 0.5) is 0 Å². The minimum Gasteiger partial charge on any atom is -0.432 e. The zero-order valence-electron chi connectivity index (χ0n) is 36.5. The molecule has 4 aliphatic heterocycles. The molecule has 22 heteroatoms. The molecule has 8 aliphatic rings. The van der Waals surface area contributed by atoms with Crippen molar-refractivity contribution in [3.8, 4) is 0 Å². The van der Waals surface area contributed by atoms with E-state index in [1.165, 1.54) is 0 Å². The van der Waals surface area contributed by atoms with E-state index in [4.69, 9.17) is 37.9 Å². The van der Waals surface area contributed by atoms with Crippen molar-refractivity contribution in [2.45, 2.75) is 194 Å². The average Bonchev–Trinajstić information content (AvgIpc) is 3.48. The summed E-state index contributed by atoms with van der Waals surface area (Å²) >= 11 is 0. The number of rotatable bonds is 11. The molecule has 0 amide bonds. The molecular weight excluding hydrogens is 868 g/mol. The van der Waals surface area contributed by atoms with E-state index < -0.39 is 166 Å². The Kier molecular flexibility index (Phi) is 14.3. The maximum absolute atomic E-state index is 14.3. The maximum Gasteiger partial charge on any atom is 0.314 e. The van der Waals surface area contributed by atoms with E-state index in [1.807, 2.05) is 6.92 Å². The first kappa shape index (κ1) is 49.8. The van der Waals surface area contributed by atoms with Crippen LogP contribution in [0.2, 0.25) is 0 Å². The molecule has 4 saturated carbocycles. The fraction of sp³-hybridized carbons (Fsp3) is 0.930. The summed E-state index contributed by atoms with van der Waals surface area (Å²) in [5.74, 6) is -0.744. The molecule has 13 N–H and O–H groups in total. The number of carbonyl (C=O) groups is 1. The van der Waals surface area contributed by atoms with Gasteiger partial charge in [0.15, 0.2) is 18.9 Å². The van der Waals surface area contributed by atoms with Gasteiger partial charge in [-0.3, -0.25) is 4.79 Å². The lowest BCUT2D eigenvalue weighted by Crippen LogP contribution is -2.67. The minimum absolute atomic E-state index is 0.0525. The fourth-order valence-electron chi connectivity index (χ4n) is 13.2. The number of carbonyl (C=O) groups excluding carboxylic acids is 1. The van der Waals surface area contributed by atoms with Crippen LogP contribution >= 0.6 is 0 Å². The van der Waals surface area contributed by atoms with Crippen molar-refractivity contribution in [3.05, 3.63) is 12.2 Å². The third-order valence-corrected chi connectivity index (χ3v) is 16.7. The van der Waals surface area contributed by atoms with Crippen LogP contribution in [0.15, 0.2) is 12.2 Å². The van der Waals surface area contributed by atoms with Crippen molar-refractivity contribution >= 4 is 5.97 Å². The Labute approximate surface area is 375 Å². The van der Waals surface area contributed by atoms with E-state index in [2.05, 4.69) is 13.5 Å². The van der Waals surface area contributed by atoms with Crippen LogP contribution in [-0.4, -0.2) is 221 Å². The zero-order chi connectivity index (χ0) is 47.1. The van der Waals surface area contributed by atoms with Gasteiger partial charge in [0.05, 0.1) is 37.4 Å². The molecular formula is C43H68O22. The molecule has 1 spiro atoms. The molecule has 65 heavy (non-hydrogen) atoms. The molecule has 0 aromatic heterocycles. The molecule has 8 fully saturated rings. The van der Waals surface area contributed by atoms with Crippen molar-refractivity contribution in [1.82, 2.24) is 0 Å². The van der Waals surface area contributed by atoms with Crippen LogP contribution in [0.5, 0.6) is 0 Å². The number of ether oxygens (including phenoxy) is 8. The molecule has 0 radical (unpaired) electrons. The van der Waals surface area contributed by atoms with Crippen LogP contribution in [0.3, 0.4) is 0 Å². The summed E-state index contributed by atoms with van der Waals surface area (Å²) in [6, 6.07) is 0. The number of aliphatic hydroxyl groups excluding tert-OH is 13. The molecule has 8 rings (SSSR count). The van der Waals surface area contributed by atoms with E-state index in [9.17, 15) is 71.2 Å². The lowest BCUT2D eigenvalue weighted by molar-refractivity contribution is -0.395. The van der Waals surface area contributed by atoms with Gasteiger partial charge in [-0.05, 0) is 86.5 Å². The lowest BCUT2D eigenvalue weighted by Gasteiger charge is -2.64. The highest BCUT2D eigenvalue weighted by atomic mass is 16.8. The SMILES string of the molecule is C=C1C[C@@]23CC[C@H]4[C@@](C)(CCC[C@@]4(C)C(=O)O[C@H]4O[C@H](CO)[C@@H](O)[C@H](O)[C@H]4O)[C@@H]2CC[C@]1(O[C@@H]1O[C@H](CO)[C@@H](O)[C@H](O[C@@H]2O[C@H](CO)[C@@H](O)[C@H](O)[C@H]2O)[C@H]1O[C@@H]1OC[C@@H](O)[C@H](O)[C@H]1O)C3. The molecule has 0 unspecified atom stereocenters. The summed E-state index contributed by atoms with van der Waals surface area (Å²) in [6.07, 6.45) is -26.1. The third-order valence-electron chi connectivity index (χ3n) is 16.7. The standard InChI is InChI=1S/C43H68O22/c1-17-11-42-9-5-22-40(2,7-4-8-41(22,3)39(57)64-37-32(56)29(53)26(50)20(13-45)60-37)23(42)6-10-43(17,16-42)65-38-34(63-35-30(54)24(48)18(47)15-58-35)33(27(51)21(14-46)61-38)62-36-31(55)28(52)25(49)19(12-44)59-36/h18-38,44-56H,1,4-16H2,2-3H3/t18-,19-,20-,21-,22+,23+,24+,25-,26-,27-,28+,29+,30-,31-,32-,33+,34-,35+,36+,37-,38+,40-,41-,42-,43+/m1/s1. The Morgan fingerprint density at radius 1 is 0.631 bits per heavy atom. The maximum atomic E-state index is 14.3. The number of esters is 1. The van der Waals surface area contributed by atoms with Gasteiger partial charge in [-0.1, -0.05) is 19.9 Å². The van der Waals surface area contributed by atoms with Gasteiger partial charge in [0.1, 0.15) is 91.6 Å². The second-order valence-corrected chi connectivity index (χ2v) is 20.4. The van der Waals surface area contributed by atoms with Crippen LogP contribution in [0, 0.1) is 28.1 Å². The Hall–Kier alpha value is -1.59. The highest BCUT2D eigenvalue weighted by Crippen LogP contribution is 2.73. The first-order valence-corrected chi connectivity index (χ1v) is 22.8. The topological polar surface area (TPSA) is 354 Å². The second-order valence-electron chi connectivity index (χ2n) is 20.4. The van der Waals surface area contributed by atoms with Gasteiger partial charge in [-0.2, -0.15) is 0 Å². The quantitative estimate of drug-likeness (QED) is 0.0528. The van der Waals surface area contributed by atoms with E-state index in [-0.39, 0.29) is 17.3 Å². The van der Waals surface area contributed by atoms with Gasteiger partial charge in [-0.15, -0.1) is 0 Å². The zero-order valence-corrected chi connectivity index (χ0v) is 36.5. The van der Waals surface area contributed by atoms with Gasteiger partial charge >= 0.3 is 5.97 Å². The number of hydrogen-bond donors (Lipinski definition) is 13. The first-order valence-electron chi connectivity index (χ1n) is 22.8. The first-order chi connectivity index (χ1) is 30.7. The molecule has 22 nitrogen and oxygen atoms in total.